The minimum Gasteiger partial charge on any atom is -0.493 e. The van der Waals surface area contributed by atoms with E-state index >= 15 is 0 Å². The number of nitrogens with zero attached hydrogens (tertiary/aromatic N) is 1. The average molecular weight is 480 g/mol. The van der Waals surface area contributed by atoms with E-state index in [1.807, 2.05) is 37.3 Å². The Kier molecular flexibility index (Phi) is 7.11. The summed E-state index contributed by atoms with van der Waals surface area (Å²) in [6, 6.07) is 19.7. The van der Waals surface area contributed by atoms with Gasteiger partial charge in [0.15, 0.2) is 11.5 Å². The first kappa shape index (κ1) is 23.0. The molecule has 0 radical (unpaired) electrons. The van der Waals surface area contributed by atoms with Crippen LogP contribution in [0.5, 0.6) is 11.5 Å². The van der Waals surface area contributed by atoms with Crippen LogP contribution in [0.3, 0.4) is 0 Å². The van der Waals surface area contributed by atoms with Gasteiger partial charge in [-0.15, -0.1) is 0 Å². The van der Waals surface area contributed by atoms with Gasteiger partial charge in [-0.25, -0.2) is 4.39 Å². The Morgan fingerprint density at radius 1 is 1.03 bits per heavy atom. The summed E-state index contributed by atoms with van der Waals surface area (Å²) >= 11 is 6.74. The monoisotopic (exact) mass is 479 g/mol. The molecule has 4 rings (SSSR count). The van der Waals surface area contributed by atoms with Crippen LogP contribution in [0.2, 0.25) is 0 Å². The van der Waals surface area contributed by atoms with Crippen LogP contribution in [0.15, 0.2) is 71.6 Å². The van der Waals surface area contributed by atoms with E-state index in [-0.39, 0.29) is 18.3 Å². The topological polar surface area (TPSA) is 38.8 Å². The second-order valence-electron chi connectivity index (χ2n) is 7.58. The number of hydrogen-bond acceptors (Lipinski definition) is 5. The molecule has 1 aliphatic rings. The van der Waals surface area contributed by atoms with E-state index in [2.05, 4.69) is 0 Å². The number of thioether (sulfide) groups is 1. The number of halogens is 1. The van der Waals surface area contributed by atoms with Crippen LogP contribution >= 0.6 is 24.0 Å². The van der Waals surface area contributed by atoms with Gasteiger partial charge >= 0.3 is 0 Å². The van der Waals surface area contributed by atoms with Crippen LogP contribution in [-0.4, -0.2) is 22.2 Å². The van der Waals surface area contributed by atoms with Gasteiger partial charge in [-0.1, -0.05) is 72.0 Å². The number of amides is 1. The first-order chi connectivity index (χ1) is 15.9. The molecule has 1 saturated heterocycles. The molecular formula is C26H22FNO3S2. The number of hydrogen-bond donors (Lipinski definition) is 0. The highest BCUT2D eigenvalue weighted by Gasteiger charge is 2.32. The second-order valence-corrected chi connectivity index (χ2v) is 9.26. The van der Waals surface area contributed by atoms with Crippen molar-refractivity contribution in [3.63, 3.8) is 0 Å². The molecule has 0 aromatic heterocycles. The third-order valence-electron chi connectivity index (χ3n) is 5.10. The standard InChI is InChI=1S/C26H22FNO3S2/c1-17-6-8-18(9-7-17)15-28-25(29)24(33-26(28)32)14-19-10-11-22(23(13-19)30-2)31-16-20-4-3-5-21(27)12-20/h3-14H,15-16H2,1-2H3/b24-14-. The number of rotatable bonds is 7. The molecule has 3 aromatic rings. The summed E-state index contributed by atoms with van der Waals surface area (Å²) in [4.78, 5) is 15.1. The molecule has 33 heavy (non-hydrogen) atoms. The van der Waals surface area contributed by atoms with Gasteiger partial charge in [0.05, 0.1) is 18.6 Å². The Balaban J connectivity index is 1.48. The number of carbonyl (C=O) groups is 1. The highest BCUT2D eigenvalue weighted by atomic mass is 32.2. The van der Waals surface area contributed by atoms with Crippen LogP contribution in [0.4, 0.5) is 4.39 Å². The van der Waals surface area contributed by atoms with Gasteiger partial charge in [0.1, 0.15) is 16.7 Å². The van der Waals surface area contributed by atoms with Crippen molar-refractivity contribution in [1.29, 1.82) is 0 Å². The quantitative estimate of drug-likeness (QED) is 0.301. The zero-order valence-electron chi connectivity index (χ0n) is 18.2. The molecule has 0 unspecified atom stereocenters. The summed E-state index contributed by atoms with van der Waals surface area (Å²) in [6.07, 6.45) is 1.80. The number of aryl methyl sites for hydroxylation is 1. The van der Waals surface area contributed by atoms with Crippen molar-refractivity contribution in [2.75, 3.05) is 7.11 Å². The summed E-state index contributed by atoms with van der Waals surface area (Å²) < 4.78 is 25.2. The fourth-order valence-electron chi connectivity index (χ4n) is 3.34. The van der Waals surface area contributed by atoms with E-state index in [0.29, 0.717) is 27.3 Å². The average Bonchev–Trinajstić information content (AvgIpc) is 3.06. The van der Waals surface area contributed by atoms with Crippen LogP contribution in [0.25, 0.3) is 6.08 Å². The van der Waals surface area contributed by atoms with Gasteiger partial charge in [0, 0.05) is 0 Å². The Bertz CT molecular complexity index is 1220. The zero-order valence-corrected chi connectivity index (χ0v) is 19.8. The normalized spacial score (nSPS) is 14.8. The van der Waals surface area contributed by atoms with Crippen molar-refractivity contribution in [1.82, 2.24) is 4.90 Å². The third kappa shape index (κ3) is 5.61. The van der Waals surface area contributed by atoms with Gasteiger partial charge in [-0.2, -0.15) is 0 Å². The highest BCUT2D eigenvalue weighted by molar-refractivity contribution is 8.26. The predicted molar refractivity (Wildman–Crippen MR) is 134 cm³/mol. The van der Waals surface area contributed by atoms with E-state index in [9.17, 15) is 9.18 Å². The van der Waals surface area contributed by atoms with E-state index in [4.69, 9.17) is 21.7 Å². The molecule has 0 N–H and O–H groups in total. The molecule has 0 aliphatic carbocycles. The van der Waals surface area contributed by atoms with Crippen molar-refractivity contribution in [2.45, 2.75) is 20.1 Å². The fourth-order valence-corrected chi connectivity index (χ4v) is 4.60. The Morgan fingerprint density at radius 2 is 1.82 bits per heavy atom. The highest BCUT2D eigenvalue weighted by Crippen LogP contribution is 2.35. The smallest absolute Gasteiger partial charge is 0.266 e. The van der Waals surface area contributed by atoms with Gasteiger partial charge in [-0.05, 0) is 54.0 Å². The second kappa shape index (κ2) is 10.2. The van der Waals surface area contributed by atoms with E-state index in [1.54, 1.807) is 42.4 Å². The van der Waals surface area contributed by atoms with Crippen molar-refractivity contribution < 1.29 is 18.7 Å². The van der Waals surface area contributed by atoms with Gasteiger partial charge in [-0.3, -0.25) is 9.69 Å². The number of methoxy groups -OCH3 is 1. The molecule has 1 amide bonds. The van der Waals surface area contributed by atoms with Gasteiger partial charge in [0.25, 0.3) is 5.91 Å². The minimum atomic E-state index is -0.307. The maximum atomic E-state index is 13.4. The van der Waals surface area contributed by atoms with Gasteiger partial charge < -0.3 is 9.47 Å². The minimum absolute atomic E-state index is 0.115. The Labute approximate surface area is 202 Å². The first-order valence-electron chi connectivity index (χ1n) is 10.3. The number of benzene rings is 3. The summed E-state index contributed by atoms with van der Waals surface area (Å²) in [5.41, 5.74) is 3.71. The predicted octanol–water partition coefficient (Wildman–Crippen LogP) is 6.12. The van der Waals surface area contributed by atoms with E-state index in [0.717, 1.165) is 16.7 Å². The first-order valence-corrected chi connectivity index (χ1v) is 11.5. The van der Waals surface area contributed by atoms with Crippen molar-refractivity contribution in [2.24, 2.45) is 0 Å². The summed E-state index contributed by atoms with van der Waals surface area (Å²) in [7, 11) is 1.55. The molecule has 1 fully saturated rings. The number of ether oxygens (including phenoxy) is 2. The van der Waals surface area contributed by atoms with Crippen molar-refractivity contribution >= 4 is 40.3 Å². The molecule has 0 atom stereocenters. The van der Waals surface area contributed by atoms with Crippen molar-refractivity contribution in [3.05, 3.63) is 99.7 Å². The van der Waals surface area contributed by atoms with Crippen LogP contribution < -0.4 is 9.47 Å². The molecule has 1 aliphatic heterocycles. The zero-order chi connectivity index (χ0) is 23.4. The maximum absolute atomic E-state index is 13.4. The van der Waals surface area contributed by atoms with Gasteiger partial charge in [0.2, 0.25) is 0 Å². The molecule has 0 saturated carbocycles. The summed E-state index contributed by atoms with van der Waals surface area (Å²) in [5, 5.41) is 0. The van der Waals surface area contributed by atoms with Crippen LogP contribution in [-0.2, 0) is 17.9 Å². The lowest BCUT2D eigenvalue weighted by Crippen LogP contribution is -2.27. The molecule has 1 heterocycles. The molecule has 7 heteroatoms. The molecule has 168 valence electrons. The summed E-state index contributed by atoms with van der Waals surface area (Å²) in [6.45, 7) is 2.68. The molecule has 4 nitrogen and oxygen atoms in total. The largest absolute Gasteiger partial charge is 0.493 e. The number of carbonyl (C=O) groups excluding carboxylic acids is 1. The lowest BCUT2D eigenvalue weighted by Gasteiger charge is -2.14. The lowest BCUT2D eigenvalue weighted by atomic mass is 10.1. The maximum Gasteiger partial charge on any atom is 0.266 e. The molecule has 0 spiro atoms. The molecular weight excluding hydrogens is 457 g/mol. The summed E-state index contributed by atoms with van der Waals surface area (Å²) in [5.74, 6) is 0.634. The molecule has 0 bridgehead atoms. The van der Waals surface area contributed by atoms with E-state index < -0.39 is 0 Å². The van der Waals surface area contributed by atoms with E-state index in [1.165, 1.54) is 29.5 Å². The number of thiocarbonyl (C=S) groups is 1. The fraction of sp³-hybridized carbons (Fsp3) is 0.154. The SMILES string of the molecule is COc1cc(/C=C2\SC(=S)N(Cc3ccc(C)cc3)C2=O)ccc1OCc1cccc(F)c1. The lowest BCUT2D eigenvalue weighted by molar-refractivity contribution is -0.122. The Hall–Kier alpha value is -3.16. The van der Waals surface area contributed by atoms with Crippen LogP contribution in [0, 0.1) is 12.7 Å². The molecule has 3 aromatic carbocycles. The van der Waals surface area contributed by atoms with Crippen LogP contribution in [0.1, 0.15) is 22.3 Å². The van der Waals surface area contributed by atoms with Crippen molar-refractivity contribution in [3.8, 4) is 11.5 Å². The Morgan fingerprint density at radius 3 is 2.55 bits per heavy atom. The third-order valence-corrected chi connectivity index (χ3v) is 6.48.